The molecule has 0 saturated carbocycles. The van der Waals surface area contributed by atoms with Gasteiger partial charge in [0, 0.05) is 6.07 Å². The third kappa shape index (κ3) is 15.7. The molecule has 0 aliphatic rings. The van der Waals surface area contributed by atoms with E-state index in [1.165, 1.54) is 35.6 Å². The van der Waals surface area contributed by atoms with Crippen LogP contribution in [0.15, 0.2) is 60.7 Å². The fourth-order valence-electron chi connectivity index (χ4n) is 4.27. The van der Waals surface area contributed by atoms with Crippen LogP contribution < -0.4 is 25.3 Å². The number of nitrogens with zero attached hydrogens (tertiary/aromatic N) is 3. The van der Waals surface area contributed by atoms with Crippen LogP contribution in [0.5, 0.6) is 17.2 Å². The van der Waals surface area contributed by atoms with Crippen LogP contribution in [0.1, 0.15) is 124 Å². The minimum atomic E-state index is -0.445. The molecule has 3 N–H and O–H groups in total. The van der Waals surface area contributed by atoms with E-state index >= 15 is 0 Å². The van der Waals surface area contributed by atoms with Gasteiger partial charge in [0.25, 0.3) is 5.91 Å². The number of anilines is 2. The zero-order chi connectivity index (χ0) is 39.5. The predicted octanol–water partition coefficient (Wildman–Crippen LogP) is 11.0. The fourth-order valence-corrected chi connectivity index (χ4v) is 4.27. The summed E-state index contributed by atoms with van der Waals surface area (Å²) >= 11 is 0. The van der Waals surface area contributed by atoms with Crippen molar-refractivity contribution in [2.24, 2.45) is 5.41 Å². The van der Waals surface area contributed by atoms with Crippen molar-refractivity contribution in [1.29, 1.82) is 0 Å². The molecule has 10 heteroatoms. The standard InChI is InChI=1S/C21H23FN4O3.C14H23NO.C5H12.C2H6/c1-4-5-12-29-18-9-7-6-8-16(18)23-21(27)20-14(2)26(25-24-20)17-13-15(22)10-11-19(17)28-3;1-5-6-9-16-13-8-7-11(10-12(13)15)14(2,3)4;1-5(2,3)4;1-2/h6-11,13H,4-5,12H2,1-3H3,(H,23,27);7-8,10H,5-6,9,15H2,1-4H3;1-4H3;1-2H3. The highest BCUT2D eigenvalue weighted by Crippen LogP contribution is 2.30. The maximum absolute atomic E-state index is 13.7. The first-order chi connectivity index (χ1) is 24.5. The van der Waals surface area contributed by atoms with Crippen molar-refractivity contribution in [3.63, 3.8) is 0 Å². The first kappa shape index (κ1) is 45.4. The summed E-state index contributed by atoms with van der Waals surface area (Å²) in [6, 6.07) is 17.4. The smallest absolute Gasteiger partial charge is 0.278 e. The molecule has 0 saturated heterocycles. The normalized spacial score (nSPS) is 10.7. The van der Waals surface area contributed by atoms with Crippen molar-refractivity contribution in [3.8, 4) is 22.9 Å². The van der Waals surface area contributed by atoms with Gasteiger partial charge in [0.2, 0.25) is 0 Å². The Bertz CT molecular complexity index is 1630. The van der Waals surface area contributed by atoms with Gasteiger partial charge >= 0.3 is 0 Å². The average Bonchev–Trinajstić information content (AvgIpc) is 3.47. The van der Waals surface area contributed by atoms with Gasteiger partial charge in [0.05, 0.1) is 37.4 Å². The van der Waals surface area contributed by atoms with E-state index in [0.717, 1.165) is 43.7 Å². The van der Waals surface area contributed by atoms with E-state index in [1.54, 1.807) is 19.1 Å². The molecule has 0 aliphatic carbocycles. The van der Waals surface area contributed by atoms with Gasteiger partial charge < -0.3 is 25.3 Å². The number of para-hydroxylation sites is 2. The second kappa shape index (κ2) is 22.4. The molecule has 0 fully saturated rings. The number of nitrogen functional groups attached to an aromatic ring is 1. The molecule has 3 aromatic carbocycles. The summed E-state index contributed by atoms with van der Waals surface area (Å²) in [7, 11) is 1.48. The zero-order valence-corrected chi connectivity index (χ0v) is 33.9. The molecule has 0 radical (unpaired) electrons. The Kier molecular flexibility index (Phi) is 19.5. The van der Waals surface area contributed by atoms with E-state index in [4.69, 9.17) is 19.9 Å². The van der Waals surface area contributed by atoms with Gasteiger partial charge in [-0.3, -0.25) is 4.79 Å². The number of ether oxygens (including phenoxy) is 3. The number of nitrogens with two attached hydrogens (primary N) is 1. The second-order valence-corrected chi connectivity index (χ2v) is 14.6. The molecule has 0 bridgehead atoms. The van der Waals surface area contributed by atoms with Crippen molar-refractivity contribution in [1.82, 2.24) is 15.0 Å². The molecule has 9 nitrogen and oxygen atoms in total. The number of nitrogens with one attached hydrogen (secondary N) is 1. The number of benzene rings is 3. The van der Waals surface area contributed by atoms with Crippen LogP contribution in [-0.2, 0) is 5.41 Å². The highest BCUT2D eigenvalue weighted by atomic mass is 19.1. The van der Waals surface area contributed by atoms with Crippen molar-refractivity contribution in [2.75, 3.05) is 31.4 Å². The van der Waals surface area contributed by atoms with Crippen LogP contribution >= 0.6 is 0 Å². The summed E-state index contributed by atoms with van der Waals surface area (Å²) in [6.07, 6.45) is 4.14. The zero-order valence-electron chi connectivity index (χ0n) is 33.9. The van der Waals surface area contributed by atoms with Crippen LogP contribution in [0.2, 0.25) is 0 Å². The van der Waals surface area contributed by atoms with Gasteiger partial charge in [0.15, 0.2) is 5.69 Å². The molecule has 0 atom stereocenters. The van der Waals surface area contributed by atoms with Gasteiger partial charge in [0.1, 0.15) is 28.8 Å². The third-order valence-electron chi connectivity index (χ3n) is 7.00. The number of halogens is 1. The SMILES string of the molecule is CC.CC(C)(C)C.CCCCOc1ccc(C(C)(C)C)cc1N.CCCCOc1ccccc1NC(=O)c1nnn(-c2cc(F)ccc2OC)c1C. The van der Waals surface area contributed by atoms with Crippen molar-refractivity contribution >= 4 is 17.3 Å². The van der Waals surface area contributed by atoms with Crippen LogP contribution in [0, 0.1) is 18.2 Å². The lowest BCUT2D eigenvalue weighted by atomic mass is 9.87. The molecule has 288 valence electrons. The van der Waals surface area contributed by atoms with Crippen molar-refractivity contribution in [2.45, 2.75) is 114 Å². The lowest BCUT2D eigenvalue weighted by Gasteiger charge is -2.20. The molecular formula is C42H64FN5O4. The van der Waals surface area contributed by atoms with E-state index in [0.29, 0.717) is 40.6 Å². The topological polar surface area (TPSA) is 114 Å². The minimum absolute atomic E-state index is 0.125. The summed E-state index contributed by atoms with van der Waals surface area (Å²) in [5.41, 5.74) is 10.1. The molecule has 0 unspecified atom stereocenters. The van der Waals surface area contributed by atoms with Gasteiger partial charge in [-0.1, -0.05) is 112 Å². The molecule has 0 aliphatic heterocycles. The number of hydrogen-bond donors (Lipinski definition) is 2. The number of aromatic nitrogens is 3. The Balaban J connectivity index is 0.000000493. The molecule has 4 rings (SSSR count). The predicted molar refractivity (Wildman–Crippen MR) is 214 cm³/mol. The molecule has 4 aromatic rings. The average molecular weight is 722 g/mol. The molecule has 1 aromatic heterocycles. The number of carbonyl (C=O) groups excluding carboxylic acids is 1. The maximum Gasteiger partial charge on any atom is 0.278 e. The first-order valence-electron chi connectivity index (χ1n) is 18.3. The Morgan fingerprint density at radius 1 is 0.846 bits per heavy atom. The van der Waals surface area contributed by atoms with Crippen molar-refractivity contribution in [3.05, 3.63) is 83.4 Å². The highest BCUT2D eigenvalue weighted by Gasteiger charge is 2.21. The largest absolute Gasteiger partial charge is 0.494 e. The van der Waals surface area contributed by atoms with Gasteiger partial charge in [-0.15, -0.1) is 5.10 Å². The molecular weight excluding hydrogens is 657 g/mol. The fraction of sp³-hybridized carbons (Fsp3) is 0.500. The monoisotopic (exact) mass is 721 g/mol. The van der Waals surface area contributed by atoms with E-state index in [9.17, 15) is 9.18 Å². The van der Waals surface area contributed by atoms with Gasteiger partial charge in [-0.25, -0.2) is 9.07 Å². The number of methoxy groups -OCH3 is 1. The number of hydrogen-bond acceptors (Lipinski definition) is 7. The molecule has 0 spiro atoms. The Labute approximate surface area is 312 Å². The van der Waals surface area contributed by atoms with E-state index in [1.807, 2.05) is 38.1 Å². The molecule has 1 heterocycles. The lowest BCUT2D eigenvalue weighted by molar-refractivity contribution is 0.102. The first-order valence-corrected chi connectivity index (χ1v) is 18.3. The van der Waals surface area contributed by atoms with Crippen LogP contribution in [0.25, 0.3) is 5.69 Å². The molecule has 1 amide bonds. The number of carbonyl (C=O) groups is 1. The lowest BCUT2D eigenvalue weighted by Crippen LogP contribution is -2.15. The number of amides is 1. The van der Waals surface area contributed by atoms with Crippen molar-refractivity contribution < 1.29 is 23.4 Å². The molecule has 52 heavy (non-hydrogen) atoms. The van der Waals surface area contributed by atoms with Gasteiger partial charge in [-0.05, 0) is 72.6 Å². The van der Waals surface area contributed by atoms with Crippen LogP contribution in [-0.4, -0.2) is 41.2 Å². The Morgan fingerprint density at radius 2 is 1.40 bits per heavy atom. The number of rotatable bonds is 12. The third-order valence-corrected chi connectivity index (χ3v) is 7.00. The maximum atomic E-state index is 13.7. The summed E-state index contributed by atoms with van der Waals surface area (Å²) < 4.78 is 31.7. The quantitative estimate of drug-likeness (QED) is 0.111. The Hall–Kier alpha value is -4.60. The highest BCUT2D eigenvalue weighted by molar-refractivity contribution is 6.04. The van der Waals surface area contributed by atoms with Gasteiger partial charge in [-0.2, -0.15) is 0 Å². The summed E-state index contributed by atoms with van der Waals surface area (Å²) in [6.45, 7) is 26.5. The minimum Gasteiger partial charge on any atom is -0.494 e. The summed E-state index contributed by atoms with van der Waals surface area (Å²) in [5.74, 6) is 0.934. The van der Waals surface area contributed by atoms with E-state index in [2.05, 4.69) is 84.0 Å². The summed E-state index contributed by atoms with van der Waals surface area (Å²) in [5, 5.41) is 10.8. The van der Waals surface area contributed by atoms with Crippen LogP contribution in [0.3, 0.4) is 0 Å². The number of unbranched alkanes of at least 4 members (excludes halogenated alkanes) is 2. The van der Waals surface area contributed by atoms with E-state index < -0.39 is 11.7 Å². The Morgan fingerprint density at radius 3 is 1.94 bits per heavy atom. The van der Waals surface area contributed by atoms with E-state index in [-0.39, 0.29) is 11.1 Å². The second-order valence-electron chi connectivity index (χ2n) is 14.6. The summed E-state index contributed by atoms with van der Waals surface area (Å²) in [4.78, 5) is 12.8. The van der Waals surface area contributed by atoms with Crippen LogP contribution in [0.4, 0.5) is 15.8 Å².